The molecular weight excluding hydrogens is 340 g/mol. The van der Waals surface area contributed by atoms with Crippen molar-refractivity contribution < 1.29 is 9.21 Å². The first-order chi connectivity index (χ1) is 12.1. The molecule has 0 aliphatic rings. The molecule has 0 saturated heterocycles. The maximum Gasteiger partial charge on any atom is 0.266 e. The van der Waals surface area contributed by atoms with Gasteiger partial charge in [0.2, 0.25) is 11.8 Å². The molecule has 1 amide bonds. The van der Waals surface area contributed by atoms with Gasteiger partial charge in [-0.25, -0.2) is 0 Å². The van der Waals surface area contributed by atoms with Crippen molar-refractivity contribution in [1.82, 2.24) is 14.8 Å². The Bertz CT molecular complexity index is 1100. The molecule has 0 radical (unpaired) electrons. The van der Waals surface area contributed by atoms with Gasteiger partial charge in [-0.15, -0.1) is 10.2 Å². The average Bonchev–Trinajstić information content (AvgIpc) is 3.16. The summed E-state index contributed by atoms with van der Waals surface area (Å²) < 4.78 is 7.53. The third-order valence-electron chi connectivity index (χ3n) is 3.95. The third-order valence-corrected chi connectivity index (χ3v) is 4.33. The number of fused-ring (bicyclic) bond motifs is 1. The van der Waals surface area contributed by atoms with Crippen LogP contribution < -0.4 is 5.73 Å². The molecule has 0 fully saturated rings. The van der Waals surface area contributed by atoms with Crippen LogP contribution in [-0.2, 0) is 0 Å². The van der Waals surface area contributed by atoms with Gasteiger partial charge in [0.15, 0.2) is 0 Å². The van der Waals surface area contributed by atoms with Crippen molar-refractivity contribution in [1.29, 1.82) is 0 Å². The standard InChI is InChI=1S/C18H13ClN4O2/c1-10-21-22-18(25-10)16-15(19)13-4-2-3-5-14(13)23(16)12-8-6-11(7-9-12)17(20)24/h2-9H,1H3,(H2,20,24). The van der Waals surface area contributed by atoms with Crippen molar-refractivity contribution in [2.75, 3.05) is 0 Å². The summed E-state index contributed by atoms with van der Waals surface area (Å²) in [5.74, 6) is 0.305. The van der Waals surface area contributed by atoms with Crippen molar-refractivity contribution in [3.8, 4) is 17.3 Å². The van der Waals surface area contributed by atoms with E-state index in [1.165, 1.54) is 0 Å². The van der Waals surface area contributed by atoms with E-state index in [0.717, 1.165) is 16.6 Å². The van der Waals surface area contributed by atoms with Crippen LogP contribution in [0.2, 0.25) is 5.02 Å². The lowest BCUT2D eigenvalue weighted by Crippen LogP contribution is -2.10. The second kappa shape index (κ2) is 5.75. The summed E-state index contributed by atoms with van der Waals surface area (Å²) >= 11 is 6.61. The van der Waals surface area contributed by atoms with Gasteiger partial charge in [-0.1, -0.05) is 29.8 Å². The van der Waals surface area contributed by atoms with Gasteiger partial charge in [-0.05, 0) is 30.3 Å². The van der Waals surface area contributed by atoms with E-state index in [1.54, 1.807) is 31.2 Å². The molecule has 0 saturated carbocycles. The van der Waals surface area contributed by atoms with Crippen LogP contribution in [0.3, 0.4) is 0 Å². The number of aromatic nitrogens is 3. The molecule has 2 heterocycles. The van der Waals surface area contributed by atoms with Crippen LogP contribution in [0.25, 0.3) is 28.2 Å². The van der Waals surface area contributed by atoms with E-state index in [4.69, 9.17) is 21.8 Å². The number of benzene rings is 2. The van der Waals surface area contributed by atoms with E-state index in [0.29, 0.717) is 28.1 Å². The second-order valence-electron chi connectivity index (χ2n) is 5.55. The first kappa shape index (κ1) is 15.4. The molecule has 2 aromatic carbocycles. The fraction of sp³-hybridized carbons (Fsp3) is 0.0556. The Labute approximate surface area is 147 Å². The Morgan fingerprint density at radius 1 is 1.12 bits per heavy atom. The molecule has 25 heavy (non-hydrogen) atoms. The Hall–Kier alpha value is -3.12. The number of nitrogens with zero attached hydrogens (tertiary/aromatic N) is 3. The van der Waals surface area contributed by atoms with E-state index in [9.17, 15) is 4.79 Å². The van der Waals surface area contributed by atoms with Crippen LogP contribution in [-0.4, -0.2) is 20.7 Å². The van der Waals surface area contributed by atoms with Gasteiger partial charge in [-0.2, -0.15) is 0 Å². The van der Waals surface area contributed by atoms with Gasteiger partial charge in [0.25, 0.3) is 5.89 Å². The predicted molar refractivity (Wildman–Crippen MR) is 94.8 cm³/mol. The van der Waals surface area contributed by atoms with Crippen molar-refractivity contribution >= 4 is 28.4 Å². The number of rotatable bonds is 3. The van der Waals surface area contributed by atoms with E-state index < -0.39 is 5.91 Å². The maximum atomic E-state index is 11.3. The number of primary amides is 1. The zero-order valence-electron chi connectivity index (χ0n) is 13.2. The predicted octanol–water partition coefficient (Wildman–Crippen LogP) is 3.74. The largest absolute Gasteiger partial charge is 0.420 e. The highest BCUT2D eigenvalue weighted by molar-refractivity contribution is 6.38. The highest BCUT2D eigenvalue weighted by Gasteiger charge is 2.22. The van der Waals surface area contributed by atoms with Gasteiger partial charge >= 0.3 is 0 Å². The fourth-order valence-corrected chi connectivity index (χ4v) is 3.15. The van der Waals surface area contributed by atoms with Gasteiger partial charge in [0.05, 0.1) is 10.5 Å². The molecule has 4 rings (SSSR count). The molecule has 6 nitrogen and oxygen atoms in total. The molecule has 0 aliphatic heterocycles. The zero-order chi connectivity index (χ0) is 17.6. The van der Waals surface area contributed by atoms with Crippen molar-refractivity contribution in [3.63, 3.8) is 0 Å². The number of carbonyl (C=O) groups is 1. The number of para-hydroxylation sites is 1. The van der Waals surface area contributed by atoms with Crippen LogP contribution in [0.1, 0.15) is 16.2 Å². The molecule has 0 spiro atoms. The highest BCUT2D eigenvalue weighted by Crippen LogP contribution is 2.39. The summed E-state index contributed by atoms with van der Waals surface area (Å²) in [6.45, 7) is 1.72. The molecular formula is C18H13ClN4O2. The lowest BCUT2D eigenvalue weighted by atomic mass is 10.2. The minimum Gasteiger partial charge on any atom is -0.420 e. The summed E-state index contributed by atoms with van der Waals surface area (Å²) in [6, 6.07) is 14.7. The number of hydrogen-bond acceptors (Lipinski definition) is 4. The highest BCUT2D eigenvalue weighted by atomic mass is 35.5. The monoisotopic (exact) mass is 352 g/mol. The molecule has 0 atom stereocenters. The number of nitrogens with two attached hydrogens (primary N) is 1. The summed E-state index contributed by atoms with van der Waals surface area (Å²) in [5.41, 5.74) is 8.06. The first-order valence-corrected chi connectivity index (χ1v) is 7.93. The first-order valence-electron chi connectivity index (χ1n) is 7.56. The van der Waals surface area contributed by atoms with Crippen molar-refractivity contribution in [2.45, 2.75) is 6.92 Å². The van der Waals surface area contributed by atoms with Gasteiger partial charge in [0, 0.05) is 23.6 Å². The van der Waals surface area contributed by atoms with Crippen LogP contribution in [0.4, 0.5) is 0 Å². The van der Waals surface area contributed by atoms with E-state index in [-0.39, 0.29) is 0 Å². The number of aryl methyl sites for hydroxylation is 1. The summed E-state index contributed by atoms with van der Waals surface area (Å²) in [7, 11) is 0. The quantitative estimate of drug-likeness (QED) is 0.608. The molecule has 4 aromatic rings. The molecule has 0 unspecified atom stereocenters. The third kappa shape index (κ3) is 2.47. The molecule has 2 N–H and O–H groups in total. The minimum absolute atomic E-state index is 0.331. The summed E-state index contributed by atoms with van der Waals surface area (Å²) in [4.78, 5) is 11.3. The Balaban J connectivity index is 2.03. The van der Waals surface area contributed by atoms with Crippen molar-refractivity contribution in [2.24, 2.45) is 5.73 Å². The SMILES string of the molecule is Cc1nnc(-c2c(Cl)c3ccccc3n2-c2ccc(C(N)=O)cc2)o1. The number of hydrogen-bond donors (Lipinski definition) is 1. The topological polar surface area (TPSA) is 86.9 Å². The molecule has 7 heteroatoms. The van der Waals surface area contributed by atoms with E-state index in [2.05, 4.69) is 10.2 Å². The Morgan fingerprint density at radius 3 is 2.48 bits per heavy atom. The molecule has 2 aromatic heterocycles. The van der Waals surface area contributed by atoms with Crippen LogP contribution >= 0.6 is 11.6 Å². The fourth-order valence-electron chi connectivity index (χ4n) is 2.83. The Morgan fingerprint density at radius 2 is 1.84 bits per heavy atom. The van der Waals surface area contributed by atoms with Crippen molar-refractivity contribution in [3.05, 3.63) is 65.0 Å². The zero-order valence-corrected chi connectivity index (χ0v) is 14.0. The number of amides is 1. The number of halogens is 1. The van der Waals surface area contributed by atoms with Gasteiger partial charge < -0.3 is 14.7 Å². The molecule has 124 valence electrons. The average molecular weight is 353 g/mol. The maximum absolute atomic E-state index is 11.3. The minimum atomic E-state index is -0.477. The van der Waals surface area contributed by atoms with Gasteiger partial charge in [-0.3, -0.25) is 4.79 Å². The lowest BCUT2D eigenvalue weighted by Gasteiger charge is -2.09. The summed E-state index contributed by atoms with van der Waals surface area (Å²) in [6.07, 6.45) is 0. The van der Waals surface area contributed by atoms with Crippen LogP contribution in [0, 0.1) is 6.92 Å². The number of carbonyl (C=O) groups excluding carboxylic acids is 1. The second-order valence-corrected chi connectivity index (χ2v) is 5.93. The summed E-state index contributed by atoms with van der Waals surface area (Å²) in [5, 5.41) is 9.40. The Kier molecular flexibility index (Phi) is 3.54. The lowest BCUT2D eigenvalue weighted by molar-refractivity contribution is 0.100. The van der Waals surface area contributed by atoms with Crippen LogP contribution in [0.5, 0.6) is 0 Å². The van der Waals surface area contributed by atoms with Gasteiger partial charge in [0.1, 0.15) is 5.69 Å². The normalized spacial score (nSPS) is 11.1. The van der Waals surface area contributed by atoms with Crippen LogP contribution in [0.15, 0.2) is 52.9 Å². The van der Waals surface area contributed by atoms with E-state index >= 15 is 0 Å². The van der Waals surface area contributed by atoms with E-state index in [1.807, 2.05) is 28.8 Å². The molecule has 0 bridgehead atoms. The molecule has 0 aliphatic carbocycles. The smallest absolute Gasteiger partial charge is 0.266 e.